The largest absolute Gasteiger partial charge is 0.337 e. The number of imide groups is 1. The highest BCUT2D eigenvalue weighted by atomic mass is 32.2. The Kier molecular flexibility index (Phi) is 5.91. The molecule has 0 unspecified atom stereocenters. The van der Waals surface area contributed by atoms with Crippen LogP contribution in [0.15, 0.2) is 29.2 Å². The Morgan fingerprint density at radius 2 is 1.87 bits per heavy atom. The Morgan fingerprint density at radius 3 is 2.35 bits per heavy atom. The first-order valence-corrected chi connectivity index (χ1v) is 13.4. The zero-order valence-corrected chi connectivity index (χ0v) is 19.1. The van der Waals surface area contributed by atoms with Gasteiger partial charge in [0.1, 0.15) is 12.1 Å². The van der Waals surface area contributed by atoms with Crippen LogP contribution in [-0.2, 0) is 34.8 Å². The summed E-state index contributed by atoms with van der Waals surface area (Å²) in [6.07, 6.45) is 1.39. The first-order chi connectivity index (χ1) is 14.3. The Balaban J connectivity index is 1.78. The van der Waals surface area contributed by atoms with Gasteiger partial charge in [0, 0.05) is 18.8 Å². The highest BCUT2D eigenvalue weighted by Crippen LogP contribution is 2.30. The van der Waals surface area contributed by atoms with E-state index in [9.17, 15) is 31.2 Å². The van der Waals surface area contributed by atoms with Gasteiger partial charge in [-0.2, -0.15) is 0 Å². The number of hydrogen-bond acceptors (Lipinski definition) is 7. The van der Waals surface area contributed by atoms with Crippen LogP contribution in [0.1, 0.15) is 25.8 Å². The Labute approximate surface area is 181 Å². The highest BCUT2D eigenvalue weighted by Gasteiger charge is 2.50. The summed E-state index contributed by atoms with van der Waals surface area (Å²) in [4.78, 5) is 40.6. The molecular formula is C19H25N3O7S2. The topological polar surface area (TPSA) is 138 Å². The van der Waals surface area contributed by atoms with Crippen molar-refractivity contribution in [3.05, 3.63) is 29.8 Å². The number of nitrogens with one attached hydrogen (secondary N) is 1. The molecule has 0 spiro atoms. The van der Waals surface area contributed by atoms with Gasteiger partial charge < -0.3 is 10.2 Å². The molecule has 0 radical (unpaired) electrons. The van der Waals surface area contributed by atoms with E-state index >= 15 is 0 Å². The minimum absolute atomic E-state index is 0.00608. The lowest BCUT2D eigenvalue weighted by atomic mass is 9.92. The molecule has 12 heteroatoms. The molecular weight excluding hydrogens is 446 g/mol. The molecule has 2 atom stereocenters. The Morgan fingerprint density at radius 1 is 1.26 bits per heavy atom. The lowest BCUT2D eigenvalue weighted by molar-refractivity contribution is -0.139. The summed E-state index contributed by atoms with van der Waals surface area (Å²) in [6.45, 7) is 2.94. The monoisotopic (exact) mass is 471 g/mol. The fraction of sp³-hybridized carbons (Fsp3) is 0.526. The molecule has 31 heavy (non-hydrogen) atoms. The number of amides is 4. The number of urea groups is 1. The average Bonchev–Trinajstić information content (AvgIpc) is 3.14. The number of likely N-dealkylation sites (N-methyl/N-ethyl adjacent to an activating group) is 1. The van der Waals surface area contributed by atoms with Crippen molar-refractivity contribution in [1.29, 1.82) is 0 Å². The van der Waals surface area contributed by atoms with Gasteiger partial charge in [0.2, 0.25) is 5.91 Å². The first-order valence-electron chi connectivity index (χ1n) is 9.73. The van der Waals surface area contributed by atoms with Crippen LogP contribution < -0.4 is 5.32 Å². The number of sulfone groups is 2. The number of benzene rings is 1. The second-order valence-electron chi connectivity index (χ2n) is 7.98. The summed E-state index contributed by atoms with van der Waals surface area (Å²) in [5.74, 6) is -1.28. The fourth-order valence-corrected chi connectivity index (χ4v) is 6.32. The molecule has 0 saturated carbocycles. The lowest BCUT2D eigenvalue weighted by Crippen LogP contribution is -2.48. The van der Waals surface area contributed by atoms with E-state index in [0.29, 0.717) is 12.0 Å². The van der Waals surface area contributed by atoms with Crippen molar-refractivity contribution in [3.63, 3.8) is 0 Å². The number of carbonyl (C=O) groups is 3. The molecule has 0 aliphatic carbocycles. The van der Waals surface area contributed by atoms with Gasteiger partial charge in [0.05, 0.1) is 16.4 Å². The molecule has 170 valence electrons. The van der Waals surface area contributed by atoms with Crippen molar-refractivity contribution in [1.82, 2.24) is 15.1 Å². The Bertz CT molecular complexity index is 1130. The standard InChI is InChI=1S/C19H25N3O7S2/c1-4-21(14-9-10-31(28,29)12-14)16(23)11-22-17(24)19(2,20-18(22)25)13-5-7-15(8-6-13)30(3,26)27/h5-8,14H,4,9-12H2,1-3H3,(H,20,25)/t14-,19-/m0/s1. The molecule has 4 amide bonds. The summed E-state index contributed by atoms with van der Waals surface area (Å²) in [5, 5.41) is 2.57. The molecule has 2 saturated heterocycles. The van der Waals surface area contributed by atoms with Crippen molar-refractivity contribution in [3.8, 4) is 0 Å². The van der Waals surface area contributed by atoms with Gasteiger partial charge in [-0.15, -0.1) is 0 Å². The van der Waals surface area contributed by atoms with E-state index in [1.807, 2.05) is 0 Å². The molecule has 0 aromatic heterocycles. The summed E-state index contributed by atoms with van der Waals surface area (Å²) in [5.41, 5.74) is -1.08. The van der Waals surface area contributed by atoms with Crippen LogP contribution in [0.25, 0.3) is 0 Å². The summed E-state index contributed by atoms with van der Waals surface area (Å²) >= 11 is 0. The third-order valence-corrected chi connectivity index (χ3v) is 8.62. The maximum atomic E-state index is 13.0. The van der Waals surface area contributed by atoms with Gasteiger partial charge >= 0.3 is 6.03 Å². The predicted molar refractivity (Wildman–Crippen MR) is 112 cm³/mol. The number of carbonyl (C=O) groups excluding carboxylic acids is 3. The molecule has 2 fully saturated rings. The summed E-state index contributed by atoms with van der Waals surface area (Å²) in [7, 11) is -6.62. The zero-order chi connectivity index (χ0) is 23.2. The molecule has 2 heterocycles. The predicted octanol–water partition coefficient (Wildman–Crippen LogP) is -0.107. The number of rotatable bonds is 6. The van der Waals surface area contributed by atoms with E-state index in [0.717, 1.165) is 11.2 Å². The van der Waals surface area contributed by atoms with Crippen LogP contribution in [-0.4, -0.2) is 81.4 Å². The van der Waals surface area contributed by atoms with Crippen LogP contribution in [0.5, 0.6) is 0 Å². The van der Waals surface area contributed by atoms with E-state index in [-0.39, 0.29) is 22.9 Å². The fourth-order valence-electron chi connectivity index (χ4n) is 3.96. The maximum Gasteiger partial charge on any atom is 0.325 e. The minimum atomic E-state index is -3.42. The summed E-state index contributed by atoms with van der Waals surface area (Å²) in [6, 6.07) is 4.37. The molecule has 0 bridgehead atoms. The molecule has 1 N–H and O–H groups in total. The molecule has 2 aliphatic rings. The van der Waals surface area contributed by atoms with Gasteiger partial charge in [0.15, 0.2) is 19.7 Å². The van der Waals surface area contributed by atoms with Gasteiger partial charge in [-0.05, 0) is 38.0 Å². The first kappa shape index (κ1) is 23.2. The van der Waals surface area contributed by atoms with Crippen LogP contribution in [0.2, 0.25) is 0 Å². The van der Waals surface area contributed by atoms with E-state index < -0.39 is 55.6 Å². The van der Waals surface area contributed by atoms with Gasteiger partial charge in [-0.25, -0.2) is 21.6 Å². The third kappa shape index (κ3) is 4.45. The van der Waals surface area contributed by atoms with Gasteiger partial charge in [-0.3, -0.25) is 14.5 Å². The van der Waals surface area contributed by atoms with Crippen molar-refractivity contribution < 1.29 is 31.2 Å². The third-order valence-electron chi connectivity index (χ3n) is 5.74. The highest BCUT2D eigenvalue weighted by molar-refractivity contribution is 7.91. The average molecular weight is 472 g/mol. The normalized spacial score (nSPS) is 25.5. The summed E-state index contributed by atoms with van der Waals surface area (Å²) < 4.78 is 46.8. The Hall–Kier alpha value is -2.47. The number of nitrogens with zero attached hydrogens (tertiary/aromatic N) is 2. The lowest BCUT2D eigenvalue weighted by Gasteiger charge is -2.28. The molecule has 2 aliphatic heterocycles. The molecule has 3 rings (SSSR count). The second-order valence-corrected chi connectivity index (χ2v) is 12.2. The maximum absolute atomic E-state index is 13.0. The minimum Gasteiger partial charge on any atom is -0.337 e. The van der Waals surface area contributed by atoms with Gasteiger partial charge in [0.25, 0.3) is 5.91 Å². The van der Waals surface area contributed by atoms with Gasteiger partial charge in [-0.1, -0.05) is 12.1 Å². The van der Waals surface area contributed by atoms with Crippen LogP contribution in [0.3, 0.4) is 0 Å². The molecule has 1 aromatic rings. The molecule has 1 aromatic carbocycles. The van der Waals surface area contributed by atoms with Crippen molar-refractivity contribution >= 4 is 37.5 Å². The van der Waals surface area contributed by atoms with E-state index in [1.54, 1.807) is 6.92 Å². The molecule has 10 nitrogen and oxygen atoms in total. The van der Waals surface area contributed by atoms with Crippen LogP contribution >= 0.6 is 0 Å². The van der Waals surface area contributed by atoms with Crippen molar-refractivity contribution in [2.24, 2.45) is 0 Å². The van der Waals surface area contributed by atoms with E-state index in [1.165, 1.54) is 36.1 Å². The van der Waals surface area contributed by atoms with Crippen molar-refractivity contribution in [2.45, 2.75) is 36.7 Å². The second kappa shape index (κ2) is 7.90. The van der Waals surface area contributed by atoms with Crippen molar-refractivity contribution in [2.75, 3.05) is 30.9 Å². The zero-order valence-electron chi connectivity index (χ0n) is 17.5. The van der Waals surface area contributed by atoms with Crippen LogP contribution in [0, 0.1) is 0 Å². The van der Waals surface area contributed by atoms with E-state index in [4.69, 9.17) is 0 Å². The smallest absolute Gasteiger partial charge is 0.325 e. The van der Waals surface area contributed by atoms with E-state index in [2.05, 4.69) is 5.32 Å². The quantitative estimate of drug-likeness (QED) is 0.572. The van der Waals surface area contributed by atoms with Crippen LogP contribution in [0.4, 0.5) is 4.79 Å². The number of hydrogen-bond donors (Lipinski definition) is 1. The SMILES string of the molecule is CCN(C(=O)CN1C(=O)N[C@@](C)(c2ccc(S(C)(=O)=O)cc2)C1=O)[C@H]1CCS(=O)(=O)C1.